The van der Waals surface area contributed by atoms with Crippen LogP contribution in [0.2, 0.25) is 0 Å². The Hall–Kier alpha value is -0.390. The van der Waals surface area contributed by atoms with E-state index in [1.807, 2.05) is 0 Å². The molecule has 0 aromatic heterocycles. The van der Waals surface area contributed by atoms with Gasteiger partial charge in [-0.15, -0.1) is 0 Å². The summed E-state index contributed by atoms with van der Waals surface area (Å²) in [6.45, 7) is 17.4. The minimum Gasteiger partial charge on any atom is -0.289 e. The molecular formula is C16H30NP. The monoisotopic (exact) mass is 267 g/mol. The summed E-state index contributed by atoms with van der Waals surface area (Å²) in [5.41, 5.74) is 2.74. The van der Waals surface area contributed by atoms with E-state index in [1.54, 1.807) is 0 Å². The van der Waals surface area contributed by atoms with Crippen molar-refractivity contribution >= 4 is 8.07 Å². The van der Waals surface area contributed by atoms with Crippen molar-refractivity contribution in [2.24, 2.45) is 5.92 Å². The first-order valence-corrected chi connectivity index (χ1v) is 8.80. The van der Waals surface area contributed by atoms with Crippen LogP contribution in [0.3, 0.4) is 0 Å². The average Bonchev–Trinajstić information content (AvgIpc) is 2.27. The van der Waals surface area contributed by atoms with Crippen LogP contribution in [0.15, 0.2) is 36.0 Å². The normalized spacial score (nSPS) is 16.3. The van der Waals surface area contributed by atoms with Gasteiger partial charge in [0.2, 0.25) is 0 Å². The smallest absolute Gasteiger partial charge is 0.0284 e. The van der Waals surface area contributed by atoms with Crippen LogP contribution < -0.4 is 5.09 Å². The van der Waals surface area contributed by atoms with E-state index >= 15 is 0 Å². The summed E-state index contributed by atoms with van der Waals surface area (Å²) in [6, 6.07) is 0.423. The van der Waals surface area contributed by atoms with E-state index in [0.717, 1.165) is 12.6 Å². The molecule has 0 aromatic rings. The van der Waals surface area contributed by atoms with Crippen LogP contribution in [-0.4, -0.2) is 18.9 Å². The zero-order chi connectivity index (χ0) is 14.1. The first-order valence-electron chi connectivity index (χ1n) is 6.83. The standard InChI is InChI=1S/C16H30NP/c1-8-10-16(9-2)12-18(7)17-15(6)14(5)11-13(3)4/h8-10,13,15,17H,5,11-12H2,1-4,6-7H3/b10-8-,16-9+. The molecule has 0 saturated heterocycles. The van der Waals surface area contributed by atoms with E-state index in [2.05, 4.69) is 71.2 Å². The molecule has 0 aliphatic heterocycles. The number of rotatable bonds is 8. The van der Waals surface area contributed by atoms with E-state index in [1.165, 1.54) is 11.1 Å². The first kappa shape index (κ1) is 17.6. The molecule has 0 rings (SSSR count). The minimum absolute atomic E-state index is 0.165. The molecule has 0 spiro atoms. The maximum absolute atomic E-state index is 4.20. The second-order valence-electron chi connectivity index (χ2n) is 5.33. The van der Waals surface area contributed by atoms with Gasteiger partial charge in [-0.3, -0.25) is 5.09 Å². The number of allylic oxidation sites excluding steroid dienone is 4. The highest BCUT2D eigenvalue weighted by Gasteiger charge is 2.11. The summed E-state index contributed by atoms with van der Waals surface area (Å²) in [7, 11) is -0.165. The van der Waals surface area contributed by atoms with Crippen LogP contribution in [0.25, 0.3) is 0 Å². The van der Waals surface area contributed by atoms with Gasteiger partial charge in [0.15, 0.2) is 0 Å². The summed E-state index contributed by atoms with van der Waals surface area (Å²) >= 11 is 0. The molecule has 2 atom stereocenters. The van der Waals surface area contributed by atoms with Gasteiger partial charge >= 0.3 is 0 Å². The van der Waals surface area contributed by atoms with Gasteiger partial charge in [-0.25, -0.2) is 0 Å². The van der Waals surface area contributed by atoms with E-state index in [-0.39, 0.29) is 8.07 Å². The van der Waals surface area contributed by atoms with Gasteiger partial charge in [0.05, 0.1) is 0 Å². The molecule has 0 aliphatic carbocycles. The maximum atomic E-state index is 4.20. The summed E-state index contributed by atoms with van der Waals surface area (Å²) in [6.07, 6.45) is 8.76. The Labute approximate surface area is 115 Å². The van der Waals surface area contributed by atoms with Crippen LogP contribution in [0.4, 0.5) is 0 Å². The van der Waals surface area contributed by atoms with Crippen LogP contribution in [0.1, 0.15) is 41.0 Å². The lowest BCUT2D eigenvalue weighted by atomic mass is 10.0. The number of nitrogens with one attached hydrogen (secondary N) is 1. The van der Waals surface area contributed by atoms with E-state index in [0.29, 0.717) is 12.0 Å². The molecule has 0 amide bonds. The highest BCUT2D eigenvalue weighted by molar-refractivity contribution is 7.55. The van der Waals surface area contributed by atoms with Crippen molar-refractivity contribution in [2.75, 3.05) is 12.8 Å². The number of hydrogen-bond acceptors (Lipinski definition) is 1. The molecule has 0 fully saturated rings. The first-order chi connectivity index (χ1) is 8.40. The molecule has 2 heteroatoms. The summed E-state index contributed by atoms with van der Waals surface area (Å²) < 4.78 is 0. The molecule has 0 aromatic carbocycles. The lowest BCUT2D eigenvalue weighted by Crippen LogP contribution is -2.24. The second-order valence-corrected chi connectivity index (χ2v) is 7.30. The van der Waals surface area contributed by atoms with Gasteiger partial charge < -0.3 is 0 Å². The fraction of sp³-hybridized carbons (Fsp3) is 0.625. The molecule has 0 bridgehead atoms. The SMILES string of the molecule is C=C(CC(C)C)C(C)NP(C)CC(/C=C\C)=C/C. The van der Waals surface area contributed by atoms with Crippen molar-refractivity contribution in [3.05, 3.63) is 36.0 Å². The predicted octanol–water partition coefficient (Wildman–Crippen LogP) is 5.12. The van der Waals surface area contributed by atoms with Crippen molar-refractivity contribution in [2.45, 2.75) is 47.1 Å². The molecule has 1 nitrogen and oxygen atoms in total. The van der Waals surface area contributed by atoms with Crippen LogP contribution >= 0.6 is 8.07 Å². The van der Waals surface area contributed by atoms with Crippen molar-refractivity contribution in [1.82, 2.24) is 5.09 Å². The summed E-state index contributed by atoms with van der Waals surface area (Å²) in [4.78, 5) is 0. The fourth-order valence-electron chi connectivity index (χ4n) is 1.90. The lowest BCUT2D eigenvalue weighted by Gasteiger charge is -2.23. The summed E-state index contributed by atoms with van der Waals surface area (Å²) in [5.74, 6) is 0.693. The van der Waals surface area contributed by atoms with E-state index < -0.39 is 0 Å². The van der Waals surface area contributed by atoms with Gasteiger partial charge in [0.25, 0.3) is 0 Å². The molecule has 0 radical (unpaired) electrons. The van der Waals surface area contributed by atoms with Crippen LogP contribution in [0, 0.1) is 5.92 Å². The molecule has 0 heterocycles. The Balaban J connectivity index is 4.22. The van der Waals surface area contributed by atoms with Gasteiger partial charge in [-0.1, -0.05) is 44.2 Å². The molecule has 18 heavy (non-hydrogen) atoms. The lowest BCUT2D eigenvalue weighted by molar-refractivity contribution is 0.602. The van der Waals surface area contributed by atoms with Crippen molar-refractivity contribution in [3.63, 3.8) is 0 Å². The number of hydrogen-bond donors (Lipinski definition) is 1. The zero-order valence-corrected chi connectivity index (χ0v) is 13.8. The highest BCUT2D eigenvalue weighted by atomic mass is 31.1. The minimum atomic E-state index is -0.165. The molecule has 2 unspecified atom stereocenters. The van der Waals surface area contributed by atoms with Crippen molar-refractivity contribution in [3.8, 4) is 0 Å². The summed E-state index contributed by atoms with van der Waals surface area (Å²) in [5, 5.41) is 3.70. The average molecular weight is 267 g/mol. The van der Waals surface area contributed by atoms with Crippen molar-refractivity contribution < 1.29 is 0 Å². The zero-order valence-electron chi connectivity index (χ0n) is 13.0. The quantitative estimate of drug-likeness (QED) is 0.366. The Morgan fingerprint density at radius 2 is 1.89 bits per heavy atom. The molecule has 0 saturated carbocycles. The Morgan fingerprint density at radius 1 is 1.28 bits per heavy atom. The van der Waals surface area contributed by atoms with Gasteiger partial charge in [0, 0.05) is 12.2 Å². The van der Waals surface area contributed by atoms with E-state index in [4.69, 9.17) is 0 Å². The topological polar surface area (TPSA) is 12.0 Å². The maximum Gasteiger partial charge on any atom is 0.0284 e. The van der Waals surface area contributed by atoms with Crippen LogP contribution in [-0.2, 0) is 0 Å². The van der Waals surface area contributed by atoms with Gasteiger partial charge in [0.1, 0.15) is 0 Å². The largest absolute Gasteiger partial charge is 0.289 e. The fourth-order valence-corrected chi connectivity index (χ4v) is 3.67. The molecular weight excluding hydrogens is 237 g/mol. The molecule has 104 valence electrons. The molecule has 1 N–H and O–H groups in total. The van der Waals surface area contributed by atoms with E-state index in [9.17, 15) is 0 Å². The molecule has 0 aliphatic rings. The predicted molar refractivity (Wildman–Crippen MR) is 87.5 cm³/mol. The highest BCUT2D eigenvalue weighted by Crippen LogP contribution is 2.30. The van der Waals surface area contributed by atoms with Gasteiger partial charge in [-0.05, 0) is 53.4 Å². The van der Waals surface area contributed by atoms with Crippen molar-refractivity contribution in [1.29, 1.82) is 0 Å². The Kier molecular flexibility index (Phi) is 9.32. The second kappa shape index (κ2) is 9.53. The third-order valence-corrected chi connectivity index (χ3v) is 4.54. The van der Waals surface area contributed by atoms with Gasteiger partial charge in [-0.2, -0.15) is 0 Å². The van der Waals surface area contributed by atoms with Crippen LogP contribution in [0.5, 0.6) is 0 Å². The Bertz CT molecular complexity index is 302. The third-order valence-electron chi connectivity index (χ3n) is 2.87. The third kappa shape index (κ3) is 7.84. The Morgan fingerprint density at radius 3 is 2.33 bits per heavy atom.